The second kappa shape index (κ2) is 8.49. The lowest BCUT2D eigenvalue weighted by Gasteiger charge is -2.33. The molecule has 7 heteroatoms. The van der Waals surface area contributed by atoms with E-state index in [1.807, 2.05) is 23.1 Å². The van der Waals surface area contributed by atoms with E-state index in [9.17, 15) is 9.59 Å². The van der Waals surface area contributed by atoms with Crippen LogP contribution in [-0.2, 0) is 11.3 Å². The number of hydrogen-bond acceptors (Lipinski definition) is 5. The van der Waals surface area contributed by atoms with Crippen molar-refractivity contribution in [2.75, 3.05) is 7.11 Å². The van der Waals surface area contributed by atoms with Crippen LogP contribution < -0.4 is 0 Å². The highest BCUT2D eigenvalue weighted by Crippen LogP contribution is 2.27. The Morgan fingerprint density at radius 1 is 1.27 bits per heavy atom. The van der Waals surface area contributed by atoms with Gasteiger partial charge in [-0.3, -0.25) is 4.79 Å². The van der Waals surface area contributed by atoms with Crippen LogP contribution in [0.3, 0.4) is 0 Å². The summed E-state index contributed by atoms with van der Waals surface area (Å²) in [5, 5.41) is 0. The predicted octanol–water partition coefficient (Wildman–Crippen LogP) is 4.20. The number of ether oxygens (including phenoxy) is 1. The van der Waals surface area contributed by atoms with Crippen LogP contribution in [0.25, 0.3) is 0 Å². The summed E-state index contributed by atoms with van der Waals surface area (Å²) in [6.07, 6.45) is 6.58. The van der Waals surface area contributed by atoms with Gasteiger partial charge < -0.3 is 14.1 Å². The SMILES string of the molecule is COC(=O)c1coc(CN(C(=O)c2ccccc2Br)C2CCCCC2)n1. The quantitative estimate of drug-likeness (QED) is 0.677. The normalized spacial score (nSPS) is 14.8. The highest BCUT2D eigenvalue weighted by atomic mass is 79.9. The van der Waals surface area contributed by atoms with Gasteiger partial charge in [-0.1, -0.05) is 31.4 Å². The van der Waals surface area contributed by atoms with Crippen LogP contribution in [0.4, 0.5) is 0 Å². The Morgan fingerprint density at radius 2 is 2.00 bits per heavy atom. The average molecular weight is 421 g/mol. The molecule has 0 unspecified atom stereocenters. The first-order valence-corrected chi connectivity index (χ1v) is 9.47. The van der Waals surface area contributed by atoms with Crippen LogP contribution >= 0.6 is 15.9 Å². The van der Waals surface area contributed by atoms with Crippen molar-refractivity contribution in [3.05, 3.63) is 52.1 Å². The van der Waals surface area contributed by atoms with Crippen LogP contribution in [0.1, 0.15) is 58.8 Å². The molecule has 1 aromatic heterocycles. The summed E-state index contributed by atoms with van der Waals surface area (Å²) >= 11 is 3.46. The summed E-state index contributed by atoms with van der Waals surface area (Å²) in [6, 6.07) is 7.52. The van der Waals surface area contributed by atoms with E-state index in [0.717, 1.165) is 30.2 Å². The number of benzene rings is 1. The minimum absolute atomic E-state index is 0.0674. The highest BCUT2D eigenvalue weighted by molar-refractivity contribution is 9.10. The van der Waals surface area contributed by atoms with E-state index in [0.29, 0.717) is 11.5 Å². The Bertz CT molecular complexity index is 783. The van der Waals surface area contributed by atoms with Gasteiger partial charge in [0.1, 0.15) is 6.26 Å². The third-order valence-corrected chi connectivity index (χ3v) is 5.32. The Balaban J connectivity index is 1.86. The second-order valence-corrected chi connectivity index (χ2v) is 7.18. The molecule has 1 aromatic carbocycles. The average Bonchev–Trinajstić information content (AvgIpc) is 3.15. The molecule has 26 heavy (non-hydrogen) atoms. The van der Waals surface area contributed by atoms with Gasteiger partial charge in [0.05, 0.1) is 19.2 Å². The molecule has 6 nitrogen and oxygen atoms in total. The number of carbonyl (C=O) groups excluding carboxylic acids is 2. The van der Waals surface area contributed by atoms with Crippen molar-refractivity contribution in [3.8, 4) is 0 Å². The van der Waals surface area contributed by atoms with Crippen LogP contribution in [0.5, 0.6) is 0 Å². The van der Waals surface area contributed by atoms with E-state index in [1.54, 1.807) is 6.07 Å². The van der Waals surface area contributed by atoms with Gasteiger partial charge >= 0.3 is 5.97 Å². The van der Waals surface area contributed by atoms with Crippen LogP contribution in [-0.4, -0.2) is 34.9 Å². The number of aromatic nitrogens is 1. The fourth-order valence-corrected chi connectivity index (χ4v) is 3.73. The van der Waals surface area contributed by atoms with E-state index < -0.39 is 5.97 Å². The lowest BCUT2D eigenvalue weighted by atomic mass is 9.93. The molecular formula is C19H21BrN2O4. The van der Waals surface area contributed by atoms with Crippen LogP contribution in [0, 0.1) is 0 Å². The Kier molecular flexibility index (Phi) is 6.08. The number of amides is 1. The molecular weight excluding hydrogens is 400 g/mol. The first-order chi connectivity index (χ1) is 12.6. The van der Waals surface area contributed by atoms with Gasteiger partial charge in [-0.2, -0.15) is 0 Å². The van der Waals surface area contributed by atoms with Crippen LogP contribution in [0.15, 0.2) is 39.4 Å². The molecule has 0 bridgehead atoms. The third-order valence-electron chi connectivity index (χ3n) is 4.63. The van der Waals surface area contributed by atoms with E-state index >= 15 is 0 Å². The number of carbonyl (C=O) groups is 2. The maximum Gasteiger partial charge on any atom is 0.360 e. The highest BCUT2D eigenvalue weighted by Gasteiger charge is 2.29. The molecule has 0 atom stereocenters. The standard InChI is InChI=1S/C19H21BrN2O4/c1-25-19(24)16-12-26-17(21-16)11-22(13-7-3-2-4-8-13)18(23)14-9-5-6-10-15(14)20/h5-6,9-10,12-13H,2-4,7-8,11H2,1H3. The van der Waals surface area contributed by atoms with Crippen LogP contribution in [0.2, 0.25) is 0 Å². The maximum atomic E-state index is 13.2. The van der Waals surface area contributed by atoms with E-state index in [4.69, 9.17) is 4.42 Å². The minimum Gasteiger partial charge on any atom is -0.464 e. The molecule has 0 spiro atoms. The van der Waals surface area contributed by atoms with Crippen molar-refractivity contribution < 1.29 is 18.7 Å². The fourth-order valence-electron chi connectivity index (χ4n) is 3.28. The van der Waals surface area contributed by atoms with Gasteiger partial charge in [0.15, 0.2) is 5.69 Å². The summed E-state index contributed by atoms with van der Waals surface area (Å²) < 4.78 is 10.8. The fraction of sp³-hybridized carbons (Fsp3) is 0.421. The van der Waals surface area contributed by atoms with Crippen molar-refractivity contribution in [2.45, 2.75) is 44.7 Å². The number of rotatable bonds is 5. The molecule has 1 fully saturated rings. The summed E-state index contributed by atoms with van der Waals surface area (Å²) in [5.74, 6) is -0.292. The molecule has 2 aromatic rings. The molecule has 1 aliphatic carbocycles. The number of methoxy groups -OCH3 is 1. The zero-order valence-corrected chi connectivity index (χ0v) is 16.2. The topological polar surface area (TPSA) is 72.6 Å². The van der Waals surface area contributed by atoms with E-state index in [-0.39, 0.29) is 24.2 Å². The molecule has 0 N–H and O–H groups in total. The number of esters is 1. The minimum atomic E-state index is -0.554. The Hall–Kier alpha value is -2.15. The van der Waals surface area contributed by atoms with Gasteiger partial charge in [-0.25, -0.2) is 9.78 Å². The summed E-state index contributed by atoms with van der Waals surface area (Å²) in [4.78, 5) is 30.8. The van der Waals surface area contributed by atoms with Gasteiger partial charge in [0, 0.05) is 10.5 Å². The zero-order valence-electron chi connectivity index (χ0n) is 14.6. The van der Waals surface area contributed by atoms with E-state index in [1.165, 1.54) is 19.8 Å². The molecule has 0 aliphatic heterocycles. The zero-order chi connectivity index (χ0) is 18.5. The lowest BCUT2D eigenvalue weighted by Crippen LogP contribution is -2.41. The monoisotopic (exact) mass is 420 g/mol. The van der Waals surface area contributed by atoms with Crippen molar-refractivity contribution in [1.82, 2.24) is 9.88 Å². The van der Waals surface area contributed by atoms with Crippen molar-refractivity contribution in [3.63, 3.8) is 0 Å². The Morgan fingerprint density at radius 3 is 2.69 bits per heavy atom. The van der Waals surface area contributed by atoms with Gasteiger partial charge in [-0.15, -0.1) is 0 Å². The molecule has 0 saturated heterocycles. The number of halogens is 1. The molecule has 1 heterocycles. The van der Waals surface area contributed by atoms with Crippen molar-refractivity contribution >= 4 is 27.8 Å². The summed E-state index contributed by atoms with van der Waals surface area (Å²) in [7, 11) is 1.29. The maximum absolute atomic E-state index is 13.2. The number of oxazole rings is 1. The molecule has 138 valence electrons. The first kappa shape index (κ1) is 18.6. The summed E-state index contributed by atoms with van der Waals surface area (Å²) in [6.45, 7) is 0.224. The molecule has 1 saturated carbocycles. The molecule has 0 radical (unpaired) electrons. The van der Waals surface area contributed by atoms with Gasteiger partial charge in [0.2, 0.25) is 5.89 Å². The largest absolute Gasteiger partial charge is 0.464 e. The number of hydrogen-bond donors (Lipinski definition) is 0. The van der Waals surface area contributed by atoms with Gasteiger partial charge in [-0.05, 0) is 40.9 Å². The molecule has 1 amide bonds. The third kappa shape index (κ3) is 4.15. The van der Waals surface area contributed by atoms with E-state index in [2.05, 4.69) is 25.7 Å². The Labute approximate surface area is 160 Å². The smallest absolute Gasteiger partial charge is 0.360 e. The lowest BCUT2D eigenvalue weighted by molar-refractivity contribution is 0.0589. The van der Waals surface area contributed by atoms with Crippen molar-refractivity contribution in [2.24, 2.45) is 0 Å². The second-order valence-electron chi connectivity index (χ2n) is 6.32. The molecule has 3 rings (SSSR count). The van der Waals surface area contributed by atoms with Gasteiger partial charge in [0.25, 0.3) is 5.91 Å². The van der Waals surface area contributed by atoms with Crippen molar-refractivity contribution in [1.29, 1.82) is 0 Å². The molecule has 1 aliphatic rings. The first-order valence-electron chi connectivity index (χ1n) is 8.68. The number of nitrogens with zero attached hydrogens (tertiary/aromatic N) is 2. The predicted molar refractivity (Wildman–Crippen MR) is 98.7 cm³/mol. The summed E-state index contributed by atoms with van der Waals surface area (Å²) in [5.41, 5.74) is 0.720.